The number of unbranched alkanes of at least 4 members (excludes halogenated alkanes) is 1. The Morgan fingerprint density at radius 1 is 1.09 bits per heavy atom. The number of nitrogens with zero attached hydrogens (tertiary/aromatic N) is 1. The van der Waals surface area contributed by atoms with Gasteiger partial charge in [0.25, 0.3) is 0 Å². The van der Waals surface area contributed by atoms with Crippen molar-refractivity contribution in [3.63, 3.8) is 0 Å². The number of anilines is 1. The standard InChI is InChI=1S/C21H20F4N2O7/c22-20(23)11-9-10(3-4-12(11)33-21(24,25)34-20)26-19(30)31-8-2-1-7-27-17(28)15-13-5-6-14(32-13)16(15)18(27)29/h3-4,9,13-16H,1-2,5-8H2,(H,26,30). The van der Waals surface area contributed by atoms with Crippen molar-refractivity contribution < 1.29 is 50.9 Å². The molecule has 1 aromatic carbocycles. The summed E-state index contributed by atoms with van der Waals surface area (Å²) in [7, 11) is 0. The summed E-state index contributed by atoms with van der Waals surface area (Å²) in [6.45, 7) is 0.155. The van der Waals surface area contributed by atoms with Gasteiger partial charge in [-0.25, -0.2) is 9.53 Å². The van der Waals surface area contributed by atoms with Gasteiger partial charge < -0.3 is 14.2 Å². The van der Waals surface area contributed by atoms with Crippen LogP contribution in [0.2, 0.25) is 0 Å². The summed E-state index contributed by atoms with van der Waals surface area (Å²) in [5.41, 5.74) is -1.11. The van der Waals surface area contributed by atoms with Crippen LogP contribution in [0.5, 0.6) is 5.75 Å². The molecule has 3 saturated heterocycles. The van der Waals surface area contributed by atoms with E-state index in [1.54, 1.807) is 0 Å². The zero-order chi connectivity index (χ0) is 24.3. The van der Waals surface area contributed by atoms with E-state index in [0.29, 0.717) is 12.8 Å². The van der Waals surface area contributed by atoms with Crippen LogP contribution >= 0.6 is 0 Å². The number of amides is 3. The summed E-state index contributed by atoms with van der Waals surface area (Å²) in [4.78, 5) is 38.3. The lowest BCUT2D eigenvalue weighted by Crippen LogP contribution is -2.41. The van der Waals surface area contributed by atoms with Crippen LogP contribution < -0.4 is 10.1 Å². The average molecular weight is 488 g/mol. The summed E-state index contributed by atoms with van der Waals surface area (Å²) in [6.07, 6.45) is -7.79. The molecule has 5 rings (SSSR count). The Morgan fingerprint density at radius 2 is 1.76 bits per heavy atom. The number of benzene rings is 1. The van der Waals surface area contributed by atoms with Crippen molar-refractivity contribution in [3.8, 4) is 5.75 Å². The first-order chi connectivity index (χ1) is 16.1. The molecular formula is C21H20F4N2O7. The van der Waals surface area contributed by atoms with Crippen LogP contribution in [0.4, 0.5) is 28.0 Å². The maximum absolute atomic E-state index is 13.8. The van der Waals surface area contributed by atoms with E-state index in [1.807, 2.05) is 0 Å². The van der Waals surface area contributed by atoms with Gasteiger partial charge in [-0.3, -0.25) is 19.8 Å². The van der Waals surface area contributed by atoms with Crippen LogP contribution in [0.1, 0.15) is 31.2 Å². The Hall–Kier alpha value is -2.93. The second-order valence-corrected chi connectivity index (χ2v) is 8.53. The lowest BCUT2D eigenvalue weighted by molar-refractivity contribution is -0.461. The summed E-state index contributed by atoms with van der Waals surface area (Å²) in [6, 6.07) is 2.69. The fourth-order valence-corrected chi connectivity index (χ4v) is 4.96. The highest BCUT2D eigenvalue weighted by atomic mass is 19.3. The van der Waals surface area contributed by atoms with Crippen molar-refractivity contribution in [1.29, 1.82) is 0 Å². The zero-order valence-corrected chi connectivity index (χ0v) is 17.6. The molecule has 3 amide bonds. The molecule has 0 spiro atoms. The highest BCUT2D eigenvalue weighted by molar-refractivity contribution is 6.06. The number of rotatable bonds is 6. The first-order valence-electron chi connectivity index (χ1n) is 10.8. The Kier molecular flexibility index (Phi) is 5.43. The first kappa shape index (κ1) is 22.8. The third-order valence-corrected chi connectivity index (χ3v) is 6.40. The summed E-state index contributed by atoms with van der Waals surface area (Å²) >= 11 is 0. The van der Waals surface area contributed by atoms with Crippen molar-refractivity contribution >= 4 is 23.6 Å². The van der Waals surface area contributed by atoms with Gasteiger partial charge in [-0.2, -0.15) is 8.78 Å². The van der Waals surface area contributed by atoms with Gasteiger partial charge in [0.15, 0.2) is 0 Å². The predicted molar refractivity (Wildman–Crippen MR) is 103 cm³/mol. The van der Waals surface area contributed by atoms with Crippen molar-refractivity contribution in [2.24, 2.45) is 11.8 Å². The molecular weight excluding hydrogens is 468 g/mol. The normalized spacial score (nSPS) is 30.1. The number of imide groups is 1. The average Bonchev–Trinajstić information content (AvgIpc) is 3.42. The zero-order valence-electron chi connectivity index (χ0n) is 17.6. The maximum Gasteiger partial charge on any atom is 0.540 e. The highest BCUT2D eigenvalue weighted by Gasteiger charge is 2.62. The molecule has 0 radical (unpaired) electrons. The molecule has 184 valence electrons. The van der Waals surface area contributed by atoms with Gasteiger partial charge in [-0.1, -0.05) is 0 Å². The topological polar surface area (TPSA) is 103 Å². The van der Waals surface area contributed by atoms with Crippen molar-refractivity contribution in [3.05, 3.63) is 23.8 Å². The monoisotopic (exact) mass is 488 g/mol. The van der Waals surface area contributed by atoms with Gasteiger partial charge in [0.1, 0.15) is 5.75 Å². The molecule has 4 unspecified atom stereocenters. The number of carbonyl (C=O) groups excluding carboxylic acids is 3. The van der Waals surface area contributed by atoms with E-state index in [-0.39, 0.29) is 54.7 Å². The van der Waals surface area contributed by atoms with E-state index in [1.165, 1.54) is 4.90 Å². The number of nitrogens with one attached hydrogen (secondary N) is 1. The van der Waals surface area contributed by atoms with Crippen molar-refractivity contribution in [2.75, 3.05) is 18.5 Å². The number of alkyl halides is 4. The Balaban J connectivity index is 1.07. The molecule has 4 aliphatic rings. The van der Waals surface area contributed by atoms with Gasteiger partial charge in [-0.15, -0.1) is 8.78 Å². The van der Waals surface area contributed by atoms with Gasteiger partial charge in [-0.05, 0) is 43.9 Å². The van der Waals surface area contributed by atoms with Crippen LogP contribution in [-0.2, 0) is 29.9 Å². The number of carbonyl (C=O) groups is 3. The Labute approximate surface area is 190 Å². The Morgan fingerprint density at radius 3 is 2.44 bits per heavy atom. The molecule has 4 heterocycles. The van der Waals surface area contributed by atoms with E-state index in [4.69, 9.17) is 9.47 Å². The third-order valence-electron chi connectivity index (χ3n) is 6.40. The molecule has 1 aromatic rings. The summed E-state index contributed by atoms with van der Waals surface area (Å²) in [5, 5.41) is 2.21. The molecule has 0 aliphatic carbocycles. The quantitative estimate of drug-likeness (QED) is 0.373. The SMILES string of the molecule is O=C(Nc1ccc2c(c1)C(F)(F)OC(F)(F)O2)OCCCCN1C(=O)C2C3CCC(O3)C2C1=O. The molecule has 0 saturated carbocycles. The minimum absolute atomic E-state index is 0.0528. The van der Waals surface area contributed by atoms with Crippen LogP contribution in [0.3, 0.4) is 0 Å². The minimum Gasteiger partial charge on any atom is -0.449 e. The fraction of sp³-hybridized carbons (Fsp3) is 0.571. The lowest BCUT2D eigenvalue weighted by atomic mass is 9.81. The molecule has 2 bridgehead atoms. The number of hydrogen-bond acceptors (Lipinski definition) is 7. The van der Waals surface area contributed by atoms with Crippen LogP contribution in [-0.4, -0.2) is 54.5 Å². The number of fused-ring (bicyclic) bond motifs is 6. The predicted octanol–water partition coefficient (Wildman–Crippen LogP) is 3.19. The molecule has 34 heavy (non-hydrogen) atoms. The Bertz CT molecular complexity index is 1010. The van der Waals surface area contributed by atoms with Gasteiger partial charge in [0.2, 0.25) is 11.8 Å². The second-order valence-electron chi connectivity index (χ2n) is 8.53. The molecule has 1 N–H and O–H groups in total. The van der Waals surface area contributed by atoms with Crippen LogP contribution in [0.15, 0.2) is 18.2 Å². The molecule has 0 aromatic heterocycles. The van der Waals surface area contributed by atoms with E-state index in [9.17, 15) is 31.9 Å². The number of ether oxygens (including phenoxy) is 4. The van der Waals surface area contributed by atoms with Crippen molar-refractivity contribution in [2.45, 2.75) is 50.3 Å². The summed E-state index contributed by atoms with van der Waals surface area (Å²) in [5.74, 6) is -1.99. The van der Waals surface area contributed by atoms with Crippen LogP contribution in [0.25, 0.3) is 0 Å². The number of halogens is 4. The van der Waals surface area contributed by atoms with E-state index >= 15 is 0 Å². The summed E-state index contributed by atoms with van der Waals surface area (Å²) < 4.78 is 71.8. The number of likely N-dealkylation sites (tertiary alicyclic amines) is 1. The molecule has 3 fully saturated rings. The largest absolute Gasteiger partial charge is 0.540 e. The van der Waals surface area contributed by atoms with E-state index < -0.39 is 29.8 Å². The highest BCUT2D eigenvalue weighted by Crippen LogP contribution is 2.49. The molecule has 4 atom stereocenters. The third kappa shape index (κ3) is 3.96. The van der Waals surface area contributed by atoms with Gasteiger partial charge >= 0.3 is 18.5 Å². The molecule has 4 aliphatic heterocycles. The minimum atomic E-state index is -4.49. The van der Waals surface area contributed by atoms with Gasteiger partial charge in [0, 0.05) is 12.2 Å². The molecule has 13 heteroatoms. The fourth-order valence-electron chi connectivity index (χ4n) is 4.96. The molecule has 9 nitrogen and oxygen atoms in total. The lowest BCUT2D eigenvalue weighted by Gasteiger charge is -2.30. The van der Waals surface area contributed by atoms with Crippen molar-refractivity contribution in [1.82, 2.24) is 4.90 Å². The second kappa shape index (κ2) is 8.08. The maximum atomic E-state index is 13.8. The van der Waals surface area contributed by atoms with Crippen LogP contribution in [0, 0.1) is 11.8 Å². The number of hydrogen-bond donors (Lipinski definition) is 1. The van der Waals surface area contributed by atoms with E-state index in [2.05, 4.69) is 14.8 Å². The van der Waals surface area contributed by atoms with Gasteiger partial charge in [0.05, 0.1) is 36.2 Å². The first-order valence-corrected chi connectivity index (χ1v) is 10.8. The smallest absolute Gasteiger partial charge is 0.449 e. The van der Waals surface area contributed by atoms with E-state index in [0.717, 1.165) is 31.0 Å².